The Morgan fingerprint density at radius 1 is 1.35 bits per heavy atom. The van der Waals surface area contributed by atoms with Crippen molar-refractivity contribution in [3.05, 3.63) is 26.7 Å². The summed E-state index contributed by atoms with van der Waals surface area (Å²) in [7, 11) is 0. The fraction of sp³-hybridized carbons (Fsp3) is 0.333. The van der Waals surface area contributed by atoms with Crippen molar-refractivity contribution in [2.75, 3.05) is 5.32 Å². The average Bonchev–Trinajstić information content (AvgIpc) is 2.39. The molecular formula is C12H13BrCl2N2O3. The minimum Gasteiger partial charge on any atom is -0.480 e. The van der Waals surface area contributed by atoms with Gasteiger partial charge in [0.25, 0.3) is 0 Å². The SMILES string of the molecule is CCC(C)(NC(=O)Nc1ccc(Br)c(Cl)c1Cl)C(=O)O. The van der Waals surface area contributed by atoms with Gasteiger partial charge in [-0.3, -0.25) is 0 Å². The maximum atomic E-state index is 11.8. The molecular weight excluding hydrogens is 371 g/mol. The number of benzene rings is 1. The summed E-state index contributed by atoms with van der Waals surface area (Å²) in [4.78, 5) is 23.0. The third kappa shape index (κ3) is 3.77. The lowest BCUT2D eigenvalue weighted by atomic mass is 10.00. The van der Waals surface area contributed by atoms with Gasteiger partial charge < -0.3 is 15.7 Å². The lowest BCUT2D eigenvalue weighted by Crippen LogP contribution is -2.53. The van der Waals surface area contributed by atoms with E-state index in [2.05, 4.69) is 26.6 Å². The van der Waals surface area contributed by atoms with Crippen LogP contribution in [0.15, 0.2) is 16.6 Å². The molecule has 1 atom stereocenters. The molecule has 0 aromatic heterocycles. The van der Waals surface area contributed by atoms with Crippen molar-refractivity contribution in [3.63, 3.8) is 0 Å². The van der Waals surface area contributed by atoms with E-state index < -0.39 is 17.5 Å². The van der Waals surface area contributed by atoms with Gasteiger partial charge in [-0.15, -0.1) is 0 Å². The van der Waals surface area contributed by atoms with Crippen LogP contribution in [0.5, 0.6) is 0 Å². The molecule has 0 aliphatic heterocycles. The second kappa shape index (κ2) is 6.65. The first kappa shape index (κ1) is 17.1. The normalized spacial score (nSPS) is 13.4. The Bertz CT molecular complexity index is 554. The molecule has 1 rings (SSSR count). The molecule has 1 unspecified atom stereocenters. The predicted octanol–water partition coefficient (Wildman–Crippen LogP) is 4.13. The fourth-order valence-corrected chi connectivity index (χ4v) is 2.14. The van der Waals surface area contributed by atoms with Gasteiger partial charge >= 0.3 is 12.0 Å². The van der Waals surface area contributed by atoms with Crippen LogP contribution in [0.2, 0.25) is 10.0 Å². The van der Waals surface area contributed by atoms with Gasteiger partial charge in [-0.05, 0) is 41.4 Å². The van der Waals surface area contributed by atoms with Crippen LogP contribution < -0.4 is 10.6 Å². The molecule has 0 spiro atoms. The van der Waals surface area contributed by atoms with Gasteiger partial charge in [-0.2, -0.15) is 0 Å². The summed E-state index contributed by atoms with van der Waals surface area (Å²) in [6, 6.07) is 2.51. The third-order valence-electron chi connectivity index (χ3n) is 2.85. The lowest BCUT2D eigenvalue weighted by molar-refractivity contribution is -0.143. The van der Waals surface area contributed by atoms with Crippen LogP contribution >= 0.6 is 39.1 Å². The molecule has 0 radical (unpaired) electrons. The third-order valence-corrected chi connectivity index (χ3v) is 4.62. The standard InChI is InChI=1S/C12H13BrCl2N2O3/c1-3-12(2,10(18)19)17-11(20)16-7-5-4-6(13)8(14)9(7)15/h4-5H,3H2,1-2H3,(H,18,19)(H2,16,17,20). The topological polar surface area (TPSA) is 78.4 Å². The minimum absolute atomic E-state index is 0.171. The number of amides is 2. The summed E-state index contributed by atoms with van der Waals surface area (Å²) in [5.41, 5.74) is -1.06. The molecule has 0 saturated carbocycles. The van der Waals surface area contributed by atoms with Crippen LogP contribution in [-0.2, 0) is 4.79 Å². The number of carbonyl (C=O) groups excluding carboxylic acids is 1. The van der Waals surface area contributed by atoms with E-state index in [1.807, 2.05) is 0 Å². The van der Waals surface area contributed by atoms with E-state index in [4.69, 9.17) is 28.3 Å². The summed E-state index contributed by atoms with van der Waals surface area (Å²) in [5, 5.41) is 14.4. The van der Waals surface area contributed by atoms with E-state index in [-0.39, 0.29) is 16.5 Å². The fourth-order valence-electron chi connectivity index (χ4n) is 1.32. The van der Waals surface area contributed by atoms with Gasteiger partial charge in [0.2, 0.25) is 0 Å². The molecule has 1 aromatic rings. The number of hydrogen-bond acceptors (Lipinski definition) is 2. The van der Waals surface area contributed by atoms with E-state index in [1.54, 1.807) is 19.1 Å². The Hall–Kier alpha value is -0.980. The van der Waals surface area contributed by atoms with Gasteiger partial charge in [0.15, 0.2) is 0 Å². The molecule has 0 saturated heterocycles. The predicted molar refractivity (Wildman–Crippen MR) is 82.6 cm³/mol. The van der Waals surface area contributed by atoms with Crippen LogP contribution in [0.4, 0.5) is 10.5 Å². The van der Waals surface area contributed by atoms with Gasteiger partial charge in [-0.25, -0.2) is 9.59 Å². The Balaban J connectivity index is 2.87. The number of anilines is 1. The molecule has 20 heavy (non-hydrogen) atoms. The Morgan fingerprint density at radius 3 is 2.45 bits per heavy atom. The first-order valence-electron chi connectivity index (χ1n) is 5.67. The first-order chi connectivity index (χ1) is 9.21. The lowest BCUT2D eigenvalue weighted by Gasteiger charge is -2.24. The van der Waals surface area contributed by atoms with Crippen molar-refractivity contribution in [1.29, 1.82) is 0 Å². The van der Waals surface area contributed by atoms with Gasteiger partial charge in [0, 0.05) is 4.47 Å². The largest absolute Gasteiger partial charge is 0.480 e. The second-order valence-electron chi connectivity index (χ2n) is 4.29. The Kier molecular flexibility index (Phi) is 5.68. The van der Waals surface area contributed by atoms with Crippen molar-refractivity contribution < 1.29 is 14.7 Å². The summed E-state index contributed by atoms with van der Waals surface area (Å²) in [5.74, 6) is -1.12. The number of nitrogens with one attached hydrogen (secondary N) is 2. The number of carboxylic acids is 1. The molecule has 110 valence electrons. The van der Waals surface area contributed by atoms with Crippen molar-refractivity contribution in [2.45, 2.75) is 25.8 Å². The highest BCUT2D eigenvalue weighted by Gasteiger charge is 2.32. The van der Waals surface area contributed by atoms with Gasteiger partial charge in [0.05, 0.1) is 15.7 Å². The molecule has 8 heteroatoms. The van der Waals surface area contributed by atoms with Crippen LogP contribution in [-0.4, -0.2) is 22.6 Å². The summed E-state index contributed by atoms with van der Waals surface area (Å²) in [6.45, 7) is 3.09. The van der Waals surface area contributed by atoms with E-state index in [1.165, 1.54) is 6.92 Å². The van der Waals surface area contributed by atoms with E-state index in [9.17, 15) is 9.59 Å². The molecule has 0 aliphatic carbocycles. The number of urea groups is 1. The molecule has 0 fully saturated rings. The van der Waals surface area contributed by atoms with Crippen LogP contribution in [0, 0.1) is 0 Å². The highest BCUT2D eigenvalue weighted by molar-refractivity contribution is 9.10. The number of carbonyl (C=O) groups is 2. The zero-order valence-electron chi connectivity index (χ0n) is 10.8. The number of carboxylic acid groups (broad SMARTS) is 1. The second-order valence-corrected chi connectivity index (χ2v) is 5.90. The molecule has 0 heterocycles. The molecule has 1 aromatic carbocycles. The summed E-state index contributed by atoms with van der Waals surface area (Å²) >= 11 is 15.1. The van der Waals surface area contributed by atoms with Crippen molar-refractivity contribution in [1.82, 2.24) is 5.32 Å². The Morgan fingerprint density at radius 2 is 1.95 bits per heavy atom. The summed E-state index contributed by atoms with van der Waals surface area (Å²) in [6.07, 6.45) is 0.241. The van der Waals surface area contributed by atoms with Crippen LogP contribution in [0.1, 0.15) is 20.3 Å². The highest BCUT2D eigenvalue weighted by atomic mass is 79.9. The van der Waals surface area contributed by atoms with Crippen molar-refractivity contribution in [2.24, 2.45) is 0 Å². The molecule has 3 N–H and O–H groups in total. The monoisotopic (exact) mass is 382 g/mol. The van der Waals surface area contributed by atoms with Crippen LogP contribution in [0.3, 0.4) is 0 Å². The van der Waals surface area contributed by atoms with Gasteiger partial charge in [0.1, 0.15) is 5.54 Å². The Labute approximate surface area is 134 Å². The quantitative estimate of drug-likeness (QED) is 0.684. The van der Waals surface area contributed by atoms with Gasteiger partial charge in [-0.1, -0.05) is 30.1 Å². The maximum absolute atomic E-state index is 11.8. The zero-order valence-corrected chi connectivity index (χ0v) is 13.9. The number of rotatable bonds is 4. The number of halogens is 3. The van der Waals surface area contributed by atoms with Crippen LogP contribution in [0.25, 0.3) is 0 Å². The van der Waals surface area contributed by atoms with E-state index in [0.717, 1.165) is 0 Å². The first-order valence-corrected chi connectivity index (χ1v) is 7.22. The molecule has 0 aliphatic rings. The maximum Gasteiger partial charge on any atom is 0.329 e. The highest BCUT2D eigenvalue weighted by Crippen LogP contribution is 2.35. The average molecular weight is 384 g/mol. The number of aliphatic carboxylic acids is 1. The zero-order chi connectivity index (χ0) is 15.5. The van der Waals surface area contributed by atoms with E-state index in [0.29, 0.717) is 10.2 Å². The smallest absolute Gasteiger partial charge is 0.329 e. The minimum atomic E-state index is -1.35. The van der Waals surface area contributed by atoms with E-state index >= 15 is 0 Å². The molecule has 0 bridgehead atoms. The van der Waals surface area contributed by atoms with Crippen molar-refractivity contribution in [3.8, 4) is 0 Å². The summed E-state index contributed by atoms with van der Waals surface area (Å²) < 4.78 is 0.596. The number of hydrogen-bond donors (Lipinski definition) is 3. The molecule has 2 amide bonds. The molecule has 5 nitrogen and oxygen atoms in total. The van der Waals surface area contributed by atoms with Crippen molar-refractivity contribution >= 4 is 56.8 Å².